The standard InChI is InChI=1S/C23H22N2O2S2/c1-2-16-7-9-18(10-8-16)21(26)15-29-23-24-19(14-28-23)13-22(27)25-12-11-17-5-3-4-6-20(17)25/h3-10,14H,2,11-13,15H2,1H3. The topological polar surface area (TPSA) is 50.3 Å². The maximum atomic E-state index is 12.7. The Morgan fingerprint density at radius 2 is 1.93 bits per heavy atom. The molecule has 0 atom stereocenters. The van der Waals surface area contributed by atoms with Gasteiger partial charge >= 0.3 is 0 Å². The van der Waals surface area contributed by atoms with Gasteiger partial charge in [-0.25, -0.2) is 4.98 Å². The average Bonchev–Trinajstić information content (AvgIpc) is 3.39. The summed E-state index contributed by atoms with van der Waals surface area (Å²) in [4.78, 5) is 31.5. The van der Waals surface area contributed by atoms with Crippen LogP contribution in [0.3, 0.4) is 0 Å². The molecule has 2 heterocycles. The number of anilines is 1. The highest BCUT2D eigenvalue weighted by molar-refractivity contribution is 8.01. The van der Waals surface area contributed by atoms with E-state index in [2.05, 4.69) is 18.0 Å². The molecule has 6 heteroatoms. The first-order chi connectivity index (χ1) is 14.1. The highest BCUT2D eigenvalue weighted by atomic mass is 32.2. The van der Waals surface area contributed by atoms with Crippen molar-refractivity contribution in [1.82, 2.24) is 4.98 Å². The maximum absolute atomic E-state index is 12.7. The Labute approximate surface area is 179 Å². The lowest BCUT2D eigenvalue weighted by Crippen LogP contribution is -2.30. The number of thiazole rings is 1. The monoisotopic (exact) mass is 422 g/mol. The zero-order valence-electron chi connectivity index (χ0n) is 16.3. The van der Waals surface area contributed by atoms with Crippen molar-refractivity contribution in [2.75, 3.05) is 17.2 Å². The number of ketones is 1. The molecule has 4 nitrogen and oxygen atoms in total. The fourth-order valence-electron chi connectivity index (χ4n) is 3.42. The Kier molecular flexibility index (Phi) is 6.11. The molecule has 1 aromatic heterocycles. The molecule has 0 radical (unpaired) electrons. The number of aryl methyl sites for hydroxylation is 1. The second-order valence-electron chi connectivity index (χ2n) is 6.97. The number of amides is 1. The quantitative estimate of drug-likeness (QED) is 0.405. The smallest absolute Gasteiger partial charge is 0.233 e. The van der Waals surface area contributed by atoms with E-state index in [1.54, 1.807) is 0 Å². The van der Waals surface area contributed by atoms with E-state index in [0.717, 1.165) is 40.7 Å². The second-order valence-corrected chi connectivity index (χ2v) is 9.05. The number of hydrogen-bond acceptors (Lipinski definition) is 5. The van der Waals surface area contributed by atoms with Gasteiger partial charge in [-0.1, -0.05) is 61.2 Å². The molecule has 4 rings (SSSR count). The minimum absolute atomic E-state index is 0.0730. The molecule has 2 aromatic carbocycles. The first kappa shape index (κ1) is 19.9. The summed E-state index contributed by atoms with van der Waals surface area (Å²) in [5, 5.41) is 1.92. The third-order valence-electron chi connectivity index (χ3n) is 5.06. The minimum atomic E-state index is 0.0730. The summed E-state index contributed by atoms with van der Waals surface area (Å²) in [5.41, 5.74) is 4.97. The van der Waals surface area contributed by atoms with E-state index in [1.807, 2.05) is 52.7 Å². The normalized spacial score (nSPS) is 12.8. The number of fused-ring (bicyclic) bond motifs is 1. The molecule has 0 spiro atoms. The van der Waals surface area contributed by atoms with Crippen LogP contribution in [0.1, 0.15) is 34.1 Å². The highest BCUT2D eigenvalue weighted by Crippen LogP contribution is 2.29. The van der Waals surface area contributed by atoms with Crippen LogP contribution >= 0.6 is 23.1 Å². The van der Waals surface area contributed by atoms with Crippen molar-refractivity contribution in [3.05, 3.63) is 76.3 Å². The number of nitrogens with zero attached hydrogens (tertiary/aromatic N) is 2. The summed E-state index contributed by atoms with van der Waals surface area (Å²) in [6, 6.07) is 15.8. The lowest BCUT2D eigenvalue weighted by Gasteiger charge is -2.16. The second kappa shape index (κ2) is 8.93. The average molecular weight is 423 g/mol. The number of rotatable bonds is 7. The van der Waals surface area contributed by atoms with Gasteiger partial charge in [0.05, 0.1) is 17.9 Å². The molecule has 0 saturated carbocycles. The molecular weight excluding hydrogens is 400 g/mol. The Hall–Kier alpha value is -2.44. The molecule has 1 aliphatic rings. The summed E-state index contributed by atoms with van der Waals surface area (Å²) < 4.78 is 0.827. The SMILES string of the molecule is CCc1ccc(C(=O)CSc2nc(CC(=O)N3CCc4ccccc43)cs2)cc1. The van der Waals surface area contributed by atoms with Gasteiger partial charge in [0, 0.05) is 23.2 Å². The molecule has 0 fully saturated rings. The number of Topliss-reactive ketones (excluding diaryl/α,β-unsaturated/α-hetero) is 1. The number of carbonyl (C=O) groups excluding carboxylic acids is 2. The third-order valence-corrected chi connectivity index (χ3v) is 7.13. The van der Waals surface area contributed by atoms with E-state index in [1.165, 1.54) is 34.2 Å². The van der Waals surface area contributed by atoms with Crippen LogP contribution < -0.4 is 4.90 Å². The van der Waals surface area contributed by atoms with Gasteiger partial charge in [0.1, 0.15) is 0 Å². The largest absolute Gasteiger partial charge is 0.311 e. The Morgan fingerprint density at radius 3 is 2.72 bits per heavy atom. The van der Waals surface area contributed by atoms with Crippen LogP contribution in [0.4, 0.5) is 5.69 Å². The summed E-state index contributed by atoms with van der Waals surface area (Å²) in [6.45, 7) is 2.83. The Balaban J connectivity index is 1.33. The van der Waals surface area contributed by atoms with Crippen molar-refractivity contribution >= 4 is 40.5 Å². The summed E-state index contributed by atoms with van der Waals surface area (Å²) in [6.07, 6.45) is 2.16. The zero-order valence-corrected chi connectivity index (χ0v) is 17.9. The van der Waals surface area contributed by atoms with Crippen molar-refractivity contribution in [3.8, 4) is 0 Å². The van der Waals surface area contributed by atoms with E-state index in [-0.39, 0.29) is 18.1 Å². The number of hydrogen-bond donors (Lipinski definition) is 0. The first-order valence-corrected chi connectivity index (χ1v) is 11.6. The molecule has 148 valence electrons. The maximum Gasteiger partial charge on any atom is 0.233 e. The fourth-order valence-corrected chi connectivity index (χ4v) is 5.16. The van der Waals surface area contributed by atoms with Gasteiger partial charge in [-0.2, -0.15) is 0 Å². The van der Waals surface area contributed by atoms with Gasteiger partial charge in [-0.05, 0) is 30.0 Å². The molecule has 0 N–H and O–H groups in total. The van der Waals surface area contributed by atoms with Gasteiger partial charge in [0.2, 0.25) is 5.91 Å². The molecule has 0 unspecified atom stereocenters. The lowest BCUT2D eigenvalue weighted by molar-refractivity contribution is -0.117. The van der Waals surface area contributed by atoms with Crippen molar-refractivity contribution in [3.63, 3.8) is 0 Å². The van der Waals surface area contributed by atoms with Crippen molar-refractivity contribution in [1.29, 1.82) is 0 Å². The number of benzene rings is 2. The number of thioether (sulfide) groups is 1. The predicted molar refractivity (Wildman–Crippen MR) is 119 cm³/mol. The van der Waals surface area contributed by atoms with Gasteiger partial charge in [-0.15, -0.1) is 11.3 Å². The zero-order chi connectivity index (χ0) is 20.2. The molecule has 1 aliphatic heterocycles. The van der Waals surface area contributed by atoms with Crippen molar-refractivity contribution in [2.45, 2.75) is 30.5 Å². The summed E-state index contributed by atoms with van der Waals surface area (Å²) >= 11 is 2.93. The fraction of sp³-hybridized carbons (Fsp3) is 0.261. The molecular formula is C23H22N2O2S2. The van der Waals surface area contributed by atoms with Crippen LogP contribution in [0.15, 0.2) is 58.3 Å². The molecule has 1 amide bonds. The molecule has 0 saturated heterocycles. The summed E-state index contributed by atoms with van der Waals surface area (Å²) in [7, 11) is 0. The van der Waals surface area contributed by atoms with Crippen LogP contribution in [-0.4, -0.2) is 29.0 Å². The Morgan fingerprint density at radius 1 is 1.14 bits per heavy atom. The molecule has 0 aliphatic carbocycles. The van der Waals surface area contributed by atoms with Crippen molar-refractivity contribution < 1.29 is 9.59 Å². The number of para-hydroxylation sites is 1. The van der Waals surface area contributed by atoms with E-state index < -0.39 is 0 Å². The highest BCUT2D eigenvalue weighted by Gasteiger charge is 2.24. The van der Waals surface area contributed by atoms with Crippen LogP contribution in [0.2, 0.25) is 0 Å². The van der Waals surface area contributed by atoms with Gasteiger partial charge in [-0.3, -0.25) is 9.59 Å². The van der Waals surface area contributed by atoms with Gasteiger partial charge in [0.15, 0.2) is 10.1 Å². The van der Waals surface area contributed by atoms with Gasteiger partial charge < -0.3 is 4.90 Å². The third kappa shape index (κ3) is 4.60. The number of carbonyl (C=O) groups is 2. The lowest BCUT2D eigenvalue weighted by atomic mass is 10.1. The van der Waals surface area contributed by atoms with Crippen LogP contribution in [0.5, 0.6) is 0 Å². The first-order valence-electron chi connectivity index (χ1n) is 9.71. The predicted octanol–water partition coefficient (Wildman–Crippen LogP) is 4.81. The minimum Gasteiger partial charge on any atom is -0.311 e. The molecule has 3 aromatic rings. The van der Waals surface area contributed by atoms with E-state index in [9.17, 15) is 9.59 Å². The van der Waals surface area contributed by atoms with Crippen LogP contribution in [0, 0.1) is 0 Å². The number of aromatic nitrogens is 1. The van der Waals surface area contributed by atoms with Crippen LogP contribution in [0.25, 0.3) is 0 Å². The molecule has 29 heavy (non-hydrogen) atoms. The molecule has 0 bridgehead atoms. The van der Waals surface area contributed by atoms with E-state index >= 15 is 0 Å². The van der Waals surface area contributed by atoms with Gasteiger partial charge in [0.25, 0.3) is 0 Å². The van der Waals surface area contributed by atoms with E-state index in [0.29, 0.717) is 5.75 Å². The van der Waals surface area contributed by atoms with E-state index in [4.69, 9.17) is 0 Å². The summed E-state index contributed by atoms with van der Waals surface area (Å²) in [5.74, 6) is 0.523. The van der Waals surface area contributed by atoms with Crippen molar-refractivity contribution in [2.24, 2.45) is 0 Å². The van der Waals surface area contributed by atoms with Crippen LogP contribution in [-0.2, 0) is 24.1 Å². The Bertz CT molecular complexity index is 1030.